The second kappa shape index (κ2) is 5.01. The number of oxazole rings is 1. The Morgan fingerprint density at radius 2 is 2.25 bits per heavy atom. The van der Waals surface area contributed by atoms with Crippen molar-refractivity contribution >= 4 is 22.7 Å². The van der Waals surface area contributed by atoms with Crippen molar-refractivity contribution in [1.82, 2.24) is 10.3 Å². The lowest BCUT2D eigenvalue weighted by Crippen LogP contribution is -2.40. The van der Waals surface area contributed by atoms with Crippen molar-refractivity contribution in [3.8, 4) is 0 Å². The summed E-state index contributed by atoms with van der Waals surface area (Å²) in [6.45, 7) is 6.29. The number of nitrogens with one attached hydrogen (secondary N) is 1. The third-order valence-electron chi connectivity index (χ3n) is 4.30. The van der Waals surface area contributed by atoms with Crippen molar-refractivity contribution in [3.05, 3.63) is 28.9 Å². The zero-order valence-electron chi connectivity index (χ0n) is 11.7. The molecule has 3 rings (SSSR count). The average molecular weight is 297 g/mol. The smallest absolute Gasteiger partial charge is 0.201 e. The molecule has 1 aliphatic rings. The zero-order valence-corrected chi connectivity index (χ0v) is 12.4. The van der Waals surface area contributed by atoms with E-state index >= 15 is 0 Å². The molecular formula is C15H18ClFN2O. The molecule has 1 atom stereocenters. The Hall–Kier alpha value is -1.13. The highest BCUT2D eigenvalue weighted by Gasteiger charge is 2.36. The molecule has 20 heavy (non-hydrogen) atoms. The van der Waals surface area contributed by atoms with Gasteiger partial charge in [0.2, 0.25) is 5.89 Å². The van der Waals surface area contributed by atoms with Crippen LogP contribution < -0.4 is 5.32 Å². The molecule has 2 aromatic rings. The van der Waals surface area contributed by atoms with Gasteiger partial charge in [0.1, 0.15) is 11.3 Å². The predicted molar refractivity (Wildman–Crippen MR) is 77.6 cm³/mol. The van der Waals surface area contributed by atoms with Gasteiger partial charge in [0.25, 0.3) is 0 Å². The first-order valence-electron chi connectivity index (χ1n) is 6.95. The van der Waals surface area contributed by atoms with Gasteiger partial charge < -0.3 is 9.73 Å². The molecule has 0 spiro atoms. The summed E-state index contributed by atoms with van der Waals surface area (Å²) >= 11 is 5.79. The second-order valence-corrected chi connectivity index (χ2v) is 6.43. The molecule has 1 unspecified atom stereocenters. The van der Waals surface area contributed by atoms with Gasteiger partial charge in [0.15, 0.2) is 5.58 Å². The summed E-state index contributed by atoms with van der Waals surface area (Å²) in [4.78, 5) is 4.52. The van der Waals surface area contributed by atoms with Gasteiger partial charge in [-0.3, -0.25) is 0 Å². The van der Waals surface area contributed by atoms with Crippen LogP contribution in [0.25, 0.3) is 11.1 Å². The molecule has 108 valence electrons. The number of benzene rings is 1. The first kappa shape index (κ1) is 13.8. The van der Waals surface area contributed by atoms with E-state index in [4.69, 9.17) is 16.0 Å². The van der Waals surface area contributed by atoms with E-state index in [2.05, 4.69) is 24.1 Å². The lowest BCUT2D eigenvalue weighted by atomic mass is 9.75. The Balaban J connectivity index is 2.00. The van der Waals surface area contributed by atoms with Gasteiger partial charge in [0.05, 0.1) is 5.02 Å². The number of piperidine rings is 1. The first-order chi connectivity index (χ1) is 9.48. The van der Waals surface area contributed by atoms with E-state index in [1.807, 2.05) is 0 Å². The van der Waals surface area contributed by atoms with E-state index in [0.717, 1.165) is 25.9 Å². The van der Waals surface area contributed by atoms with Crippen LogP contribution in [0.2, 0.25) is 5.02 Å². The average Bonchev–Trinajstić information content (AvgIpc) is 2.84. The molecule has 1 aromatic carbocycles. The van der Waals surface area contributed by atoms with E-state index in [1.165, 1.54) is 12.1 Å². The van der Waals surface area contributed by atoms with Gasteiger partial charge in [-0.15, -0.1) is 0 Å². The molecule has 0 saturated carbocycles. The third kappa shape index (κ3) is 2.31. The van der Waals surface area contributed by atoms with Gasteiger partial charge in [0, 0.05) is 11.5 Å². The van der Waals surface area contributed by atoms with Gasteiger partial charge in [-0.25, -0.2) is 9.37 Å². The highest BCUT2D eigenvalue weighted by Crippen LogP contribution is 2.37. The zero-order chi connectivity index (χ0) is 14.3. The molecule has 1 aliphatic heterocycles. The van der Waals surface area contributed by atoms with Crippen molar-refractivity contribution in [3.63, 3.8) is 0 Å². The summed E-state index contributed by atoms with van der Waals surface area (Å²) in [5.74, 6) is 0.645. The van der Waals surface area contributed by atoms with Crippen LogP contribution in [0, 0.1) is 11.7 Å². The number of fused-ring (bicyclic) bond motifs is 1. The van der Waals surface area contributed by atoms with Crippen molar-refractivity contribution in [2.75, 3.05) is 13.1 Å². The normalized spacial score (nSPS) is 20.5. The van der Waals surface area contributed by atoms with E-state index < -0.39 is 5.82 Å². The minimum Gasteiger partial charge on any atom is -0.440 e. The van der Waals surface area contributed by atoms with Crippen LogP contribution >= 0.6 is 11.6 Å². The van der Waals surface area contributed by atoms with Crippen LogP contribution in [-0.4, -0.2) is 18.1 Å². The number of nitrogens with zero attached hydrogens (tertiary/aromatic N) is 1. The fraction of sp³-hybridized carbons (Fsp3) is 0.533. The molecule has 3 nitrogen and oxygen atoms in total. The maximum Gasteiger partial charge on any atom is 0.201 e. The number of rotatable bonds is 2. The topological polar surface area (TPSA) is 38.1 Å². The van der Waals surface area contributed by atoms with E-state index in [-0.39, 0.29) is 10.4 Å². The molecule has 5 heteroatoms. The Bertz CT molecular complexity index is 593. The molecule has 2 heterocycles. The molecule has 1 aromatic heterocycles. The molecule has 1 saturated heterocycles. The van der Waals surface area contributed by atoms with Crippen molar-refractivity contribution in [2.24, 2.45) is 5.92 Å². The third-order valence-corrected chi connectivity index (χ3v) is 4.59. The molecule has 0 radical (unpaired) electrons. The molecule has 0 amide bonds. The highest BCUT2D eigenvalue weighted by atomic mass is 35.5. The quantitative estimate of drug-likeness (QED) is 0.913. The Kier molecular flexibility index (Phi) is 3.46. The first-order valence-corrected chi connectivity index (χ1v) is 7.33. The Morgan fingerprint density at radius 3 is 2.95 bits per heavy atom. The van der Waals surface area contributed by atoms with Crippen LogP contribution in [0.1, 0.15) is 32.6 Å². The van der Waals surface area contributed by atoms with Gasteiger partial charge >= 0.3 is 0 Å². The summed E-state index contributed by atoms with van der Waals surface area (Å²) in [7, 11) is 0. The van der Waals surface area contributed by atoms with Crippen molar-refractivity contribution < 1.29 is 8.81 Å². The Labute approximate surface area is 122 Å². The standard InChI is InChI=1S/C15H18ClFN2O/c1-15(2,9-4-3-5-18-8-9)14-19-12-6-10(16)11(17)7-13(12)20-14/h6-7,9,18H,3-5,8H2,1-2H3. The number of aromatic nitrogens is 1. The lowest BCUT2D eigenvalue weighted by molar-refractivity contribution is 0.215. The van der Waals surface area contributed by atoms with Crippen LogP contribution in [0.3, 0.4) is 0 Å². The summed E-state index contributed by atoms with van der Waals surface area (Å²) in [5.41, 5.74) is 0.886. The minimum absolute atomic E-state index is 0.0782. The van der Waals surface area contributed by atoms with E-state index in [9.17, 15) is 4.39 Å². The molecule has 1 N–H and O–H groups in total. The maximum absolute atomic E-state index is 13.5. The number of hydrogen-bond acceptors (Lipinski definition) is 3. The van der Waals surface area contributed by atoms with E-state index in [0.29, 0.717) is 22.9 Å². The van der Waals surface area contributed by atoms with Crippen LogP contribution in [0.4, 0.5) is 4.39 Å². The maximum atomic E-state index is 13.5. The van der Waals surface area contributed by atoms with Crippen LogP contribution in [0.15, 0.2) is 16.5 Å². The number of hydrogen-bond donors (Lipinski definition) is 1. The molecule has 1 fully saturated rings. The van der Waals surface area contributed by atoms with Crippen molar-refractivity contribution in [1.29, 1.82) is 0 Å². The van der Waals surface area contributed by atoms with Crippen LogP contribution in [-0.2, 0) is 5.41 Å². The second-order valence-electron chi connectivity index (χ2n) is 6.02. The largest absolute Gasteiger partial charge is 0.440 e. The van der Waals surface area contributed by atoms with Gasteiger partial charge in [-0.1, -0.05) is 25.4 Å². The lowest BCUT2D eigenvalue weighted by Gasteiger charge is -2.34. The summed E-state index contributed by atoms with van der Waals surface area (Å²) in [5, 5.41) is 3.49. The van der Waals surface area contributed by atoms with E-state index in [1.54, 1.807) is 0 Å². The molecule has 0 aliphatic carbocycles. The minimum atomic E-state index is -0.473. The summed E-state index contributed by atoms with van der Waals surface area (Å²) < 4.78 is 19.3. The summed E-state index contributed by atoms with van der Waals surface area (Å²) in [6.07, 6.45) is 2.31. The van der Waals surface area contributed by atoms with Crippen molar-refractivity contribution in [2.45, 2.75) is 32.1 Å². The monoisotopic (exact) mass is 296 g/mol. The molecular weight excluding hydrogens is 279 g/mol. The predicted octanol–water partition coefficient (Wildman–Crippen LogP) is 3.90. The summed E-state index contributed by atoms with van der Waals surface area (Å²) in [6, 6.07) is 2.83. The van der Waals surface area contributed by atoms with Gasteiger partial charge in [-0.2, -0.15) is 0 Å². The van der Waals surface area contributed by atoms with Crippen LogP contribution in [0.5, 0.6) is 0 Å². The SMILES string of the molecule is CC(C)(c1nc2cc(Cl)c(F)cc2o1)C1CCCNC1. The number of halogens is 2. The highest BCUT2D eigenvalue weighted by molar-refractivity contribution is 6.31. The fourth-order valence-electron chi connectivity index (χ4n) is 2.84. The fourth-order valence-corrected chi connectivity index (χ4v) is 3.00. The molecule has 0 bridgehead atoms. The Morgan fingerprint density at radius 1 is 1.45 bits per heavy atom. The van der Waals surface area contributed by atoms with Gasteiger partial charge in [-0.05, 0) is 37.9 Å².